The fourth-order valence-electron chi connectivity index (χ4n) is 2.76. The summed E-state index contributed by atoms with van der Waals surface area (Å²) in [5.41, 5.74) is 5.57. The van der Waals surface area contributed by atoms with Crippen LogP contribution in [0.5, 0.6) is 0 Å². The second-order valence-electron chi connectivity index (χ2n) is 4.97. The third-order valence-corrected chi connectivity index (χ3v) is 3.92. The van der Waals surface area contributed by atoms with Gasteiger partial charge in [0.05, 0.1) is 5.54 Å². The van der Waals surface area contributed by atoms with E-state index in [2.05, 4.69) is 6.92 Å². The number of carbonyl (C=O) groups is 1. The Morgan fingerprint density at radius 3 is 2.81 bits per heavy atom. The van der Waals surface area contributed by atoms with Gasteiger partial charge in [0.15, 0.2) is 0 Å². The zero-order valence-electron chi connectivity index (χ0n) is 10.1. The van der Waals surface area contributed by atoms with Crippen LogP contribution in [0, 0.1) is 0 Å². The van der Waals surface area contributed by atoms with Gasteiger partial charge in [0.2, 0.25) is 5.91 Å². The van der Waals surface area contributed by atoms with Gasteiger partial charge in [0.25, 0.3) is 0 Å². The lowest BCUT2D eigenvalue weighted by atomic mass is 9.89. The fourth-order valence-corrected chi connectivity index (χ4v) is 2.76. The minimum atomic E-state index is -0.657. The van der Waals surface area contributed by atoms with Crippen molar-refractivity contribution in [2.45, 2.75) is 50.6 Å². The quantitative estimate of drug-likeness (QED) is 0.761. The van der Waals surface area contributed by atoms with E-state index in [0.717, 1.165) is 25.8 Å². The Labute approximate surface area is 97.1 Å². The molecule has 4 heteroatoms. The van der Waals surface area contributed by atoms with Crippen molar-refractivity contribution < 1.29 is 9.53 Å². The molecule has 2 saturated heterocycles. The highest BCUT2D eigenvalue weighted by Gasteiger charge is 2.41. The maximum absolute atomic E-state index is 12.4. The van der Waals surface area contributed by atoms with E-state index in [1.165, 1.54) is 0 Å². The largest absolute Gasteiger partial charge is 0.381 e. The predicted octanol–water partition coefficient (Wildman–Crippen LogP) is 0.895. The Morgan fingerprint density at radius 2 is 2.19 bits per heavy atom. The van der Waals surface area contributed by atoms with E-state index in [1.807, 2.05) is 4.90 Å². The summed E-state index contributed by atoms with van der Waals surface area (Å²) in [5, 5.41) is 0. The van der Waals surface area contributed by atoms with E-state index in [1.54, 1.807) is 0 Å². The van der Waals surface area contributed by atoms with Gasteiger partial charge in [-0.3, -0.25) is 4.79 Å². The molecule has 16 heavy (non-hydrogen) atoms. The second kappa shape index (κ2) is 4.72. The molecule has 0 aliphatic carbocycles. The molecular weight excluding hydrogens is 204 g/mol. The van der Waals surface area contributed by atoms with Crippen LogP contribution in [0.15, 0.2) is 0 Å². The van der Waals surface area contributed by atoms with Gasteiger partial charge in [-0.15, -0.1) is 0 Å². The van der Waals surface area contributed by atoms with Crippen LogP contribution >= 0.6 is 0 Å². The Bertz CT molecular complexity index is 262. The fraction of sp³-hybridized carbons (Fsp3) is 0.917. The van der Waals surface area contributed by atoms with Crippen molar-refractivity contribution in [3.8, 4) is 0 Å². The summed E-state index contributed by atoms with van der Waals surface area (Å²) in [6, 6.07) is 0.413. The van der Waals surface area contributed by atoms with E-state index < -0.39 is 5.54 Å². The van der Waals surface area contributed by atoms with Gasteiger partial charge >= 0.3 is 0 Å². The molecule has 2 N–H and O–H groups in total. The van der Waals surface area contributed by atoms with Crippen LogP contribution in [-0.2, 0) is 9.53 Å². The Hall–Kier alpha value is -0.610. The third-order valence-electron chi connectivity index (χ3n) is 3.92. The van der Waals surface area contributed by atoms with E-state index in [9.17, 15) is 4.79 Å². The van der Waals surface area contributed by atoms with Gasteiger partial charge in [-0.25, -0.2) is 0 Å². The maximum Gasteiger partial charge on any atom is 0.243 e. The minimum absolute atomic E-state index is 0.153. The summed E-state index contributed by atoms with van der Waals surface area (Å²) in [7, 11) is 0. The first kappa shape index (κ1) is 11.9. The number of ether oxygens (including phenoxy) is 1. The van der Waals surface area contributed by atoms with Gasteiger partial charge in [0, 0.05) is 25.8 Å². The number of amides is 1. The van der Waals surface area contributed by atoms with E-state index in [0.29, 0.717) is 32.1 Å². The standard InChI is InChI=1S/C12H22N2O2/c1-2-10-4-3-7-14(10)11(15)12(13)5-8-16-9-6-12/h10H,2-9,13H2,1H3. The smallest absolute Gasteiger partial charge is 0.243 e. The maximum atomic E-state index is 12.4. The van der Waals surface area contributed by atoms with Crippen molar-refractivity contribution in [3.05, 3.63) is 0 Å². The third kappa shape index (κ3) is 2.09. The molecule has 2 fully saturated rings. The van der Waals surface area contributed by atoms with Crippen LogP contribution in [0.25, 0.3) is 0 Å². The van der Waals surface area contributed by atoms with Gasteiger partial charge < -0.3 is 15.4 Å². The summed E-state index contributed by atoms with van der Waals surface area (Å²) >= 11 is 0. The normalized spacial score (nSPS) is 29.4. The van der Waals surface area contributed by atoms with E-state index in [-0.39, 0.29) is 5.91 Å². The van der Waals surface area contributed by atoms with Crippen molar-refractivity contribution in [3.63, 3.8) is 0 Å². The Kier molecular flexibility index (Phi) is 3.50. The molecule has 0 bridgehead atoms. The number of nitrogens with zero attached hydrogens (tertiary/aromatic N) is 1. The van der Waals surface area contributed by atoms with Crippen LogP contribution in [0.1, 0.15) is 39.0 Å². The van der Waals surface area contributed by atoms with E-state index >= 15 is 0 Å². The first-order valence-corrected chi connectivity index (χ1v) is 6.35. The molecule has 0 radical (unpaired) electrons. The monoisotopic (exact) mass is 226 g/mol. The number of hydrogen-bond donors (Lipinski definition) is 1. The molecule has 0 aromatic rings. The molecule has 2 aliphatic rings. The molecule has 4 nitrogen and oxygen atoms in total. The van der Waals surface area contributed by atoms with Crippen LogP contribution in [0.4, 0.5) is 0 Å². The lowest BCUT2D eigenvalue weighted by Crippen LogP contribution is -2.58. The van der Waals surface area contributed by atoms with E-state index in [4.69, 9.17) is 10.5 Å². The predicted molar refractivity (Wildman–Crippen MR) is 62.0 cm³/mol. The molecular formula is C12H22N2O2. The Morgan fingerprint density at radius 1 is 1.50 bits per heavy atom. The number of hydrogen-bond acceptors (Lipinski definition) is 3. The molecule has 1 unspecified atom stereocenters. The minimum Gasteiger partial charge on any atom is -0.381 e. The highest BCUT2D eigenvalue weighted by Crippen LogP contribution is 2.27. The SMILES string of the molecule is CCC1CCCN1C(=O)C1(N)CCOCC1. The lowest BCUT2D eigenvalue weighted by Gasteiger charge is -2.37. The van der Waals surface area contributed by atoms with Gasteiger partial charge in [0.1, 0.15) is 0 Å². The molecule has 0 saturated carbocycles. The zero-order valence-corrected chi connectivity index (χ0v) is 10.1. The topological polar surface area (TPSA) is 55.6 Å². The van der Waals surface area contributed by atoms with Crippen molar-refractivity contribution in [1.82, 2.24) is 4.90 Å². The highest BCUT2D eigenvalue weighted by atomic mass is 16.5. The molecule has 0 aromatic heterocycles. The second-order valence-corrected chi connectivity index (χ2v) is 4.97. The Balaban J connectivity index is 2.05. The summed E-state index contributed by atoms with van der Waals surface area (Å²) in [5.74, 6) is 0.153. The lowest BCUT2D eigenvalue weighted by molar-refractivity contribution is -0.141. The van der Waals surface area contributed by atoms with Crippen LogP contribution < -0.4 is 5.73 Å². The summed E-state index contributed by atoms with van der Waals surface area (Å²) in [6.07, 6.45) is 4.63. The average molecular weight is 226 g/mol. The van der Waals surface area contributed by atoms with Crippen LogP contribution in [-0.4, -0.2) is 42.1 Å². The first-order valence-electron chi connectivity index (χ1n) is 6.35. The molecule has 2 heterocycles. The van der Waals surface area contributed by atoms with Crippen molar-refractivity contribution >= 4 is 5.91 Å². The van der Waals surface area contributed by atoms with Crippen molar-refractivity contribution in [2.24, 2.45) is 5.73 Å². The van der Waals surface area contributed by atoms with Gasteiger partial charge in [-0.1, -0.05) is 6.92 Å². The first-order chi connectivity index (χ1) is 7.67. The van der Waals surface area contributed by atoms with Gasteiger partial charge in [-0.2, -0.15) is 0 Å². The average Bonchev–Trinajstić information content (AvgIpc) is 2.77. The van der Waals surface area contributed by atoms with Crippen molar-refractivity contribution in [2.75, 3.05) is 19.8 Å². The molecule has 0 spiro atoms. The van der Waals surface area contributed by atoms with Gasteiger partial charge in [-0.05, 0) is 32.1 Å². The number of carbonyl (C=O) groups excluding carboxylic acids is 1. The number of rotatable bonds is 2. The molecule has 2 aliphatic heterocycles. The molecule has 2 rings (SSSR count). The van der Waals surface area contributed by atoms with Crippen molar-refractivity contribution in [1.29, 1.82) is 0 Å². The van der Waals surface area contributed by atoms with Crippen LogP contribution in [0.3, 0.4) is 0 Å². The number of likely N-dealkylation sites (tertiary alicyclic amines) is 1. The highest BCUT2D eigenvalue weighted by molar-refractivity contribution is 5.86. The van der Waals surface area contributed by atoms with Crippen LogP contribution in [0.2, 0.25) is 0 Å². The molecule has 1 atom stereocenters. The molecule has 92 valence electrons. The summed E-state index contributed by atoms with van der Waals surface area (Å²) < 4.78 is 5.28. The number of nitrogens with two attached hydrogens (primary N) is 1. The summed E-state index contributed by atoms with van der Waals surface area (Å²) in [4.78, 5) is 14.4. The molecule has 1 amide bonds. The molecule has 0 aromatic carbocycles. The zero-order chi connectivity index (χ0) is 11.6. The summed E-state index contributed by atoms with van der Waals surface area (Å²) in [6.45, 7) is 4.26.